The van der Waals surface area contributed by atoms with E-state index in [1.807, 2.05) is 30.3 Å². The highest BCUT2D eigenvalue weighted by molar-refractivity contribution is 5.86. The van der Waals surface area contributed by atoms with E-state index < -0.39 is 17.7 Å². The summed E-state index contributed by atoms with van der Waals surface area (Å²) in [5.41, 5.74) is 0.860. The molecule has 0 radical (unpaired) electrons. The van der Waals surface area contributed by atoms with Gasteiger partial charge >= 0.3 is 5.97 Å². The van der Waals surface area contributed by atoms with Crippen LogP contribution in [0.25, 0.3) is 0 Å². The fraction of sp³-hybridized carbons (Fsp3) is 0.423. The normalized spacial score (nSPS) is 19.5. The number of benzene rings is 2. The molecule has 1 N–H and O–H groups in total. The van der Waals surface area contributed by atoms with Gasteiger partial charge in [0.15, 0.2) is 0 Å². The number of likely N-dealkylation sites (tertiary alicyclic amines) is 1. The Kier molecular flexibility index (Phi) is 7.26. The van der Waals surface area contributed by atoms with Crippen molar-refractivity contribution in [1.29, 1.82) is 0 Å². The predicted octanol–water partition coefficient (Wildman–Crippen LogP) is 2.64. The van der Waals surface area contributed by atoms with Crippen LogP contribution < -0.4 is 5.32 Å². The van der Waals surface area contributed by atoms with Gasteiger partial charge in [-0.15, -0.1) is 0 Å². The first-order valence-corrected chi connectivity index (χ1v) is 11.6. The van der Waals surface area contributed by atoms with Gasteiger partial charge in [-0.1, -0.05) is 48.5 Å². The minimum Gasteiger partial charge on any atom is -0.469 e. The third-order valence-corrected chi connectivity index (χ3v) is 6.81. The molecule has 0 aromatic heterocycles. The van der Waals surface area contributed by atoms with E-state index in [0.29, 0.717) is 37.9 Å². The van der Waals surface area contributed by atoms with Gasteiger partial charge in [0.05, 0.1) is 31.8 Å². The highest BCUT2D eigenvalue weighted by Gasteiger charge is 2.51. The number of nitrogens with zero attached hydrogens (tertiary/aromatic N) is 2. The van der Waals surface area contributed by atoms with E-state index in [9.17, 15) is 18.8 Å². The number of amides is 2. The van der Waals surface area contributed by atoms with Gasteiger partial charge in [-0.25, -0.2) is 4.39 Å². The second kappa shape index (κ2) is 10.3. The summed E-state index contributed by atoms with van der Waals surface area (Å²) in [5.74, 6) is -0.916. The highest BCUT2D eigenvalue weighted by atomic mass is 19.1. The summed E-state index contributed by atoms with van der Waals surface area (Å²) in [6.45, 7) is 1.07. The van der Waals surface area contributed by atoms with Gasteiger partial charge in [-0.05, 0) is 18.1 Å². The van der Waals surface area contributed by atoms with E-state index in [1.165, 1.54) is 13.2 Å². The lowest BCUT2D eigenvalue weighted by atomic mass is 9.95. The standard InChI is InChI=1S/C26H30FN3O4/c1-34-24(32)12-11-23(31)29-15-13-26(14-16-29)28-22(17-19-7-3-2-4-8-19)25(33)30(26)18-20-9-5-6-10-21(20)27/h2-10,22,28H,11-18H2,1H3. The van der Waals surface area contributed by atoms with E-state index >= 15 is 0 Å². The number of hydrogen-bond donors (Lipinski definition) is 1. The first-order valence-electron chi connectivity index (χ1n) is 11.6. The third kappa shape index (κ3) is 5.12. The molecule has 7 nitrogen and oxygen atoms in total. The highest BCUT2D eigenvalue weighted by Crippen LogP contribution is 2.35. The molecule has 2 heterocycles. The largest absolute Gasteiger partial charge is 0.469 e. The number of carbonyl (C=O) groups excluding carboxylic acids is 3. The molecule has 0 aliphatic carbocycles. The number of carbonyl (C=O) groups is 3. The molecule has 2 amide bonds. The minimum atomic E-state index is -0.655. The predicted molar refractivity (Wildman–Crippen MR) is 124 cm³/mol. The summed E-state index contributed by atoms with van der Waals surface area (Å²) in [7, 11) is 1.30. The Labute approximate surface area is 198 Å². The van der Waals surface area contributed by atoms with Crippen molar-refractivity contribution in [2.24, 2.45) is 0 Å². The fourth-order valence-electron chi connectivity index (χ4n) is 4.89. The van der Waals surface area contributed by atoms with Gasteiger partial charge in [0, 0.05) is 37.9 Å². The molecule has 2 aliphatic heterocycles. The SMILES string of the molecule is COC(=O)CCC(=O)N1CCC2(CC1)NC(Cc1ccccc1)C(=O)N2Cc1ccccc1F. The van der Waals surface area contributed by atoms with Crippen molar-refractivity contribution in [1.82, 2.24) is 15.1 Å². The Balaban J connectivity index is 1.51. The van der Waals surface area contributed by atoms with E-state index in [0.717, 1.165) is 5.56 Å². The quantitative estimate of drug-likeness (QED) is 0.634. The molecule has 2 saturated heterocycles. The van der Waals surface area contributed by atoms with Crippen LogP contribution in [0.1, 0.15) is 36.8 Å². The van der Waals surface area contributed by atoms with E-state index in [1.54, 1.807) is 28.0 Å². The van der Waals surface area contributed by atoms with Gasteiger partial charge in [0.1, 0.15) is 5.82 Å². The maximum atomic E-state index is 14.5. The maximum Gasteiger partial charge on any atom is 0.306 e. The third-order valence-electron chi connectivity index (χ3n) is 6.81. The average molecular weight is 468 g/mol. The number of nitrogens with one attached hydrogen (secondary N) is 1. The van der Waals surface area contributed by atoms with E-state index in [2.05, 4.69) is 10.1 Å². The van der Waals surface area contributed by atoms with E-state index in [-0.39, 0.29) is 37.0 Å². The zero-order valence-corrected chi connectivity index (χ0v) is 19.3. The summed E-state index contributed by atoms with van der Waals surface area (Å²) >= 11 is 0. The van der Waals surface area contributed by atoms with Crippen molar-refractivity contribution in [2.75, 3.05) is 20.2 Å². The molecule has 34 heavy (non-hydrogen) atoms. The van der Waals surface area contributed by atoms with Crippen molar-refractivity contribution >= 4 is 17.8 Å². The molecule has 1 atom stereocenters. The zero-order chi connectivity index (χ0) is 24.1. The number of piperidine rings is 1. The summed E-state index contributed by atoms with van der Waals surface area (Å²) in [5, 5.41) is 3.56. The van der Waals surface area contributed by atoms with Gasteiger partial charge in [0.25, 0.3) is 0 Å². The van der Waals surface area contributed by atoms with Gasteiger partial charge in [-0.3, -0.25) is 19.7 Å². The zero-order valence-electron chi connectivity index (χ0n) is 19.3. The summed E-state index contributed by atoms with van der Waals surface area (Å²) < 4.78 is 19.1. The Bertz CT molecular complexity index is 1040. The average Bonchev–Trinajstić information content (AvgIpc) is 3.09. The number of esters is 1. The summed E-state index contributed by atoms with van der Waals surface area (Å²) in [4.78, 5) is 41.0. The van der Waals surface area contributed by atoms with Gasteiger partial charge < -0.3 is 14.5 Å². The second-order valence-electron chi connectivity index (χ2n) is 8.89. The lowest BCUT2D eigenvalue weighted by Crippen LogP contribution is -2.59. The van der Waals surface area contributed by atoms with Gasteiger partial charge in [0.2, 0.25) is 11.8 Å². The molecule has 0 saturated carbocycles. The molecule has 2 fully saturated rings. The number of halogens is 1. The van der Waals surface area contributed by atoms with Crippen molar-refractivity contribution in [3.05, 3.63) is 71.5 Å². The van der Waals surface area contributed by atoms with Crippen LogP contribution in [0.4, 0.5) is 4.39 Å². The molecule has 8 heteroatoms. The number of ether oxygens (including phenoxy) is 1. The molecule has 2 aliphatic rings. The molecule has 2 aromatic carbocycles. The molecular formula is C26H30FN3O4. The molecule has 4 rings (SSSR count). The summed E-state index contributed by atoms with van der Waals surface area (Å²) in [6, 6.07) is 15.9. The molecule has 180 valence electrons. The van der Waals surface area contributed by atoms with E-state index in [4.69, 9.17) is 0 Å². The molecule has 2 aromatic rings. The van der Waals surface area contributed by atoms with Gasteiger partial charge in [-0.2, -0.15) is 0 Å². The maximum absolute atomic E-state index is 14.5. The number of hydrogen-bond acceptors (Lipinski definition) is 5. The smallest absolute Gasteiger partial charge is 0.306 e. The van der Waals surface area contributed by atoms with Crippen molar-refractivity contribution in [3.8, 4) is 0 Å². The van der Waals surface area contributed by atoms with Crippen LogP contribution >= 0.6 is 0 Å². The fourth-order valence-corrected chi connectivity index (χ4v) is 4.89. The second-order valence-corrected chi connectivity index (χ2v) is 8.89. The molecule has 1 unspecified atom stereocenters. The monoisotopic (exact) mass is 467 g/mol. The molecule has 0 bridgehead atoms. The van der Waals surface area contributed by atoms with Crippen LogP contribution in [-0.2, 0) is 32.1 Å². The van der Waals surface area contributed by atoms with Crippen molar-refractivity contribution < 1.29 is 23.5 Å². The van der Waals surface area contributed by atoms with Crippen LogP contribution in [0, 0.1) is 5.82 Å². The summed E-state index contributed by atoms with van der Waals surface area (Å²) in [6.07, 6.45) is 1.75. The van der Waals surface area contributed by atoms with Crippen LogP contribution in [0.15, 0.2) is 54.6 Å². The molecule has 1 spiro atoms. The van der Waals surface area contributed by atoms with Crippen LogP contribution in [-0.4, -0.2) is 59.5 Å². The lowest BCUT2D eigenvalue weighted by Gasteiger charge is -2.44. The Morgan fingerprint density at radius 2 is 1.74 bits per heavy atom. The first kappa shape index (κ1) is 23.9. The van der Waals surface area contributed by atoms with Crippen LogP contribution in [0.2, 0.25) is 0 Å². The minimum absolute atomic E-state index is 0.0479. The molecular weight excluding hydrogens is 437 g/mol. The van der Waals surface area contributed by atoms with Crippen LogP contribution in [0.5, 0.6) is 0 Å². The Morgan fingerprint density at radius 3 is 2.41 bits per heavy atom. The van der Waals surface area contributed by atoms with Crippen molar-refractivity contribution in [3.63, 3.8) is 0 Å². The Morgan fingerprint density at radius 1 is 1.06 bits per heavy atom. The Hall–Kier alpha value is -3.26. The van der Waals surface area contributed by atoms with Crippen molar-refractivity contribution in [2.45, 2.75) is 50.4 Å². The lowest BCUT2D eigenvalue weighted by molar-refractivity contribution is -0.145. The number of methoxy groups -OCH3 is 1. The first-order chi connectivity index (χ1) is 16.4. The topological polar surface area (TPSA) is 79.0 Å². The number of rotatable bonds is 7. The van der Waals surface area contributed by atoms with Crippen LogP contribution in [0.3, 0.4) is 0 Å².